The number of hydrogen-bond donors (Lipinski definition) is 1. The first kappa shape index (κ1) is 16.3. The molecule has 4 heteroatoms. The van der Waals surface area contributed by atoms with Gasteiger partial charge in [0.1, 0.15) is 5.82 Å². The van der Waals surface area contributed by atoms with Crippen LogP contribution in [0.1, 0.15) is 29.7 Å². The zero-order chi connectivity index (χ0) is 15.4. The van der Waals surface area contributed by atoms with Gasteiger partial charge in [0.2, 0.25) is 0 Å². The summed E-state index contributed by atoms with van der Waals surface area (Å²) in [5.74, 6) is -0.176. The number of nitrogens with one attached hydrogen (secondary N) is 1. The van der Waals surface area contributed by atoms with Crippen LogP contribution < -0.4 is 5.32 Å². The third-order valence-corrected chi connectivity index (χ3v) is 4.21. The molecule has 0 aliphatic heterocycles. The van der Waals surface area contributed by atoms with E-state index in [0.717, 1.165) is 24.1 Å². The normalized spacial score (nSPS) is 12.4. The van der Waals surface area contributed by atoms with Crippen molar-refractivity contribution in [1.82, 2.24) is 5.32 Å². The largest absolute Gasteiger partial charge is 0.310 e. The van der Waals surface area contributed by atoms with E-state index in [1.807, 2.05) is 31.2 Å². The summed E-state index contributed by atoms with van der Waals surface area (Å²) < 4.78 is 13.8. The van der Waals surface area contributed by atoms with Gasteiger partial charge in [0.05, 0.1) is 10.0 Å². The molecular formula is C17H18Cl2FN. The van der Waals surface area contributed by atoms with E-state index < -0.39 is 0 Å². The molecule has 112 valence electrons. The zero-order valence-corrected chi connectivity index (χ0v) is 13.6. The highest BCUT2D eigenvalue weighted by Gasteiger charge is 2.13. The molecule has 2 rings (SSSR count). The third kappa shape index (κ3) is 4.19. The summed E-state index contributed by atoms with van der Waals surface area (Å²) in [6.45, 7) is 4.61. The molecule has 2 aromatic carbocycles. The highest BCUT2D eigenvalue weighted by Crippen LogP contribution is 2.26. The molecule has 0 amide bonds. The molecule has 0 spiro atoms. The van der Waals surface area contributed by atoms with Crippen LogP contribution in [0.3, 0.4) is 0 Å². The Balaban J connectivity index is 2.25. The van der Waals surface area contributed by atoms with Gasteiger partial charge in [-0.3, -0.25) is 0 Å². The molecule has 0 saturated carbocycles. The molecular weight excluding hydrogens is 308 g/mol. The molecule has 0 aliphatic carbocycles. The van der Waals surface area contributed by atoms with Crippen LogP contribution >= 0.6 is 23.2 Å². The molecule has 0 bridgehead atoms. The number of rotatable bonds is 5. The quantitative estimate of drug-likeness (QED) is 0.782. The summed E-state index contributed by atoms with van der Waals surface area (Å²) in [5, 5.41) is 4.47. The minimum atomic E-state index is -0.176. The number of benzene rings is 2. The lowest BCUT2D eigenvalue weighted by atomic mass is 9.97. The van der Waals surface area contributed by atoms with Crippen molar-refractivity contribution in [2.24, 2.45) is 0 Å². The maximum Gasteiger partial charge on any atom is 0.126 e. The fourth-order valence-corrected chi connectivity index (χ4v) is 2.60. The van der Waals surface area contributed by atoms with Gasteiger partial charge in [-0.2, -0.15) is 0 Å². The van der Waals surface area contributed by atoms with Crippen molar-refractivity contribution in [2.45, 2.75) is 26.3 Å². The molecule has 1 atom stereocenters. The lowest BCUT2D eigenvalue weighted by Gasteiger charge is -2.19. The average Bonchev–Trinajstić information content (AvgIpc) is 2.45. The summed E-state index contributed by atoms with van der Waals surface area (Å²) in [4.78, 5) is 0. The first-order valence-corrected chi connectivity index (χ1v) is 7.70. The summed E-state index contributed by atoms with van der Waals surface area (Å²) in [6, 6.07) is 11.0. The van der Waals surface area contributed by atoms with E-state index in [4.69, 9.17) is 23.2 Å². The Labute approximate surface area is 135 Å². The van der Waals surface area contributed by atoms with Gasteiger partial charge in [-0.25, -0.2) is 4.39 Å². The summed E-state index contributed by atoms with van der Waals surface area (Å²) in [5.41, 5.74) is 2.66. The van der Waals surface area contributed by atoms with E-state index in [9.17, 15) is 4.39 Å². The van der Waals surface area contributed by atoms with Crippen LogP contribution in [0.4, 0.5) is 4.39 Å². The number of aryl methyl sites for hydroxylation is 1. The van der Waals surface area contributed by atoms with Gasteiger partial charge < -0.3 is 5.32 Å². The molecule has 0 radical (unpaired) electrons. The number of hydrogen-bond acceptors (Lipinski definition) is 1. The predicted molar refractivity (Wildman–Crippen MR) is 87.7 cm³/mol. The molecule has 1 N–H and O–H groups in total. The van der Waals surface area contributed by atoms with Gasteiger partial charge in [0.15, 0.2) is 0 Å². The van der Waals surface area contributed by atoms with E-state index >= 15 is 0 Å². The minimum Gasteiger partial charge on any atom is -0.310 e. The first-order chi connectivity index (χ1) is 10.0. The molecule has 0 saturated heterocycles. The molecule has 1 unspecified atom stereocenters. The molecule has 0 fully saturated rings. The molecule has 0 aliphatic rings. The average molecular weight is 326 g/mol. The van der Waals surface area contributed by atoms with E-state index in [-0.39, 0.29) is 11.9 Å². The Morgan fingerprint density at radius 2 is 1.86 bits per heavy atom. The van der Waals surface area contributed by atoms with Crippen molar-refractivity contribution < 1.29 is 4.39 Å². The van der Waals surface area contributed by atoms with Gasteiger partial charge >= 0.3 is 0 Å². The summed E-state index contributed by atoms with van der Waals surface area (Å²) in [7, 11) is 0. The zero-order valence-electron chi connectivity index (χ0n) is 12.1. The topological polar surface area (TPSA) is 12.0 Å². The second-order valence-corrected chi connectivity index (χ2v) is 5.89. The Kier molecular flexibility index (Phi) is 5.63. The van der Waals surface area contributed by atoms with Crippen molar-refractivity contribution in [1.29, 1.82) is 0 Å². The van der Waals surface area contributed by atoms with Crippen molar-refractivity contribution in [3.8, 4) is 0 Å². The Hall–Kier alpha value is -1.09. The van der Waals surface area contributed by atoms with Gasteiger partial charge in [-0.15, -0.1) is 0 Å². The fraction of sp³-hybridized carbons (Fsp3) is 0.294. The van der Waals surface area contributed by atoms with Gasteiger partial charge in [0, 0.05) is 6.04 Å². The maximum atomic E-state index is 13.8. The van der Waals surface area contributed by atoms with E-state index in [0.29, 0.717) is 15.6 Å². The van der Waals surface area contributed by atoms with Crippen LogP contribution in [0.2, 0.25) is 10.0 Å². The Morgan fingerprint density at radius 1 is 1.10 bits per heavy atom. The standard InChI is InChI=1S/C17H18Cl2FN/c1-3-21-17(13-6-4-11(2)16(20)10-13)9-12-5-7-14(18)15(19)8-12/h4-8,10,17,21H,3,9H2,1-2H3. The van der Waals surface area contributed by atoms with Crippen LogP contribution in [0.5, 0.6) is 0 Å². The number of likely N-dealkylation sites (N-methyl/N-ethyl adjacent to an activating group) is 1. The lowest BCUT2D eigenvalue weighted by Crippen LogP contribution is -2.23. The van der Waals surface area contributed by atoms with E-state index in [2.05, 4.69) is 5.32 Å². The Morgan fingerprint density at radius 3 is 2.48 bits per heavy atom. The van der Waals surface area contributed by atoms with E-state index in [1.165, 1.54) is 0 Å². The van der Waals surface area contributed by atoms with Crippen LogP contribution in [0, 0.1) is 12.7 Å². The SMILES string of the molecule is CCNC(Cc1ccc(Cl)c(Cl)c1)c1ccc(C)c(F)c1. The smallest absolute Gasteiger partial charge is 0.126 e. The predicted octanol–water partition coefficient (Wildman–Crippen LogP) is 5.33. The maximum absolute atomic E-state index is 13.8. The Bertz CT molecular complexity index is 628. The van der Waals surface area contributed by atoms with Crippen molar-refractivity contribution in [3.05, 3.63) is 69.0 Å². The molecule has 0 heterocycles. The molecule has 2 aromatic rings. The molecule has 21 heavy (non-hydrogen) atoms. The van der Waals surface area contributed by atoms with Crippen molar-refractivity contribution in [2.75, 3.05) is 6.54 Å². The molecule has 1 nitrogen and oxygen atoms in total. The third-order valence-electron chi connectivity index (χ3n) is 3.47. The van der Waals surface area contributed by atoms with Crippen LogP contribution in [-0.4, -0.2) is 6.54 Å². The highest BCUT2D eigenvalue weighted by molar-refractivity contribution is 6.42. The van der Waals surface area contributed by atoms with E-state index in [1.54, 1.807) is 19.1 Å². The van der Waals surface area contributed by atoms with Crippen LogP contribution in [-0.2, 0) is 6.42 Å². The van der Waals surface area contributed by atoms with Crippen LogP contribution in [0.25, 0.3) is 0 Å². The number of halogens is 3. The minimum absolute atomic E-state index is 0.0438. The summed E-state index contributed by atoms with van der Waals surface area (Å²) >= 11 is 12.0. The van der Waals surface area contributed by atoms with Crippen molar-refractivity contribution >= 4 is 23.2 Å². The second kappa shape index (κ2) is 7.26. The highest BCUT2D eigenvalue weighted by atomic mass is 35.5. The second-order valence-electron chi connectivity index (χ2n) is 5.07. The summed E-state index contributed by atoms with van der Waals surface area (Å²) in [6.07, 6.45) is 0.729. The van der Waals surface area contributed by atoms with Gasteiger partial charge in [-0.1, -0.05) is 48.3 Å². The van der Waals surface area contributed by atoms with Gasteiger partial charge in [0.25, 0.3) is 0 Å². The fourth-order valence-electron chi connectivity index (χ4n) is 2.28. The van der Waals surface area contributed by atoms with Crippen molar-refractivity contribution in [3.63, 3.8) is 0 Å². The molecule has 0 aromatic heterocycles. The van der Waals surface area contributed by atoms with Gasteiger partial charge in [-0.05, 0) is 54.8 Å². The lowest BCUT2D eigenvalue weighted by molar-refractivity contribution is 0.541. The first-order valence-electron chi connectivity index (χ1n) is 6.94. The van der Waals surface area contributed by atoms with Crippen LogP contribution in [0.15, 0.2) is 36.4 Å². The monoisotopic (exact) mass is 325 g/mol.